The van der Waals surface area contributed by atoms with Crippen LogP contribution in [0.1, 0.15) is 73.1 Å². The molecule has 0 aliphatic rings. The van der Waals surface area contributed by atoms with Crippen LogP contribution in [0.2, 0.25) is 5.02 Å². The predicted molar refractivity (Wildman–Crippen MR) is 187 cm³/mol. The zero-order valence-electron chi connectivity index (χ0n) is 27.7. The van der Waals surface area contributed by atoms with Gasteiger partial charge in [0.15, 0.2) is 11.6 Å². The Bertz CT molecular complexity index is 1710. The third kappa shape index (κ3) is 10.2. The fourth-order valence-electron chi connectivity index (χ4n) is 5.24. The lowest BCUT2D eigenvalue weighted by Crippen LogP contribution is -2.46. The van der Waals surface area contributed by atoms with E-state index in [9.17, 15) is 9.59 Å². The summed E-state index contributed by atoms with van der Waals surface area (Å²) < 4.78 is 0. The fraction of sp³-hybridized carbons (Fsp3) is 0.500. The number of nitrogens with one attached hydrogen (secondary N) is 5. The van der Waals surface area contributed by atoms with Gasteiger partial charge >= 0.3 is 0 Å². The number of nitrogens with two attached hydrogens (primary N) is 1. The van der Waals surface area contributed by atoms with Gasteiger partial charge in [-0.1, -0.05) is 31.4 Å². The Balaban J connectivity index is 1.47. The van der Waals surface area contributed by atoms with Crippen molar-refractivity contribution in [3.63, 3.8) is 0 Å². The van der Waals surface area contributed by atoms with Gasteiger partial charge in [-0.15, -0.1) is 0 Å². The SMILES string of the molecule is CCCC[C@](C)(CNC(C)=O)Nc1nc(NCCCCC(C)(CNC(C)=O)Nc2nc(N)nc3cccnc23)nc2cc(Cl)cnc12. The van der Waals surface area contributed by atoms with Gasteiger partial charge in [-0.2, -0.15) is 9.97 Å². The summed E-state index contributed by atoms with van der Waals surface area (Å²) in [6, 6.07) is 5.38. The van der Waals surface area contributed by atoms with E-state index in [-0.39, 0.29) is 17.8 Å². The zero-order chi connectivity index (χ0) is 34.0. The number of anilines is 4. The molecule has 252 valence electrons. The molecule has 4 aromatic heterocycles. The van der Waals surface area contributed by atoms with Crippen LogP contribution in [0.4, 0.5) is 23.5 Å². The molecule has 0 saturated carbocycles. The third-order valence-electron chi connectivity index (χ3n) is 7.79. The number of nitrogens with zero attached hydrogens (tertiary/aromatic N) is 6. The van der Waals surface area contributed by atoms with Gasteiger partial charge < -0.3 is 32.3 Å². The molecule has 4 aromatic rings. The van der Waals surface area contributed by atoms with Crippen LogP contribution in [0.3, 0.4) is 0 Å². The Morgan fingerprint density at radius 1 is 0.851 bits per heavy atom. The molecular weight excluding hydrogens is 620 g/mol. The van der Waals surface area contributed by atoms with E-state index in [1.165, 1.54) is 13.8 Å². The third-order valence-corrected chi connectivity index (χ3v) is 8.00. The first-order valence-electron chi connectivity index (χ1n) is 15.9. The van der Waals surface area contributed by atoms with Crippen molar-refractivity contribution in [1.82, 2.24) is 40.5 Å². The molecule has 2 atom stereocenters. The largest absolute Gasteiger partial charge is 0.368 e. The molecule has 1 unspecified atom stereocenters. The Kier molecular flexibility index (Phi) is 11.9. The second-order valence-corrected chi connectivity index (χ2v) is 12.8. The molecular formula is C32H45ClN12O2. The maximum Gasteiger partial charge on any atom is 0.225 e. The average Bonchev–Trinajstić information content (AvgIpc) is 3.01. The molecule has 0 saturated heterocycles. The van der Waals surface area contributed by atoms with E-state index in [0.29, 0.717) is 70.7 Å². The number of halogens is 1. The number of hydrogen-bond acceptors (Lipinski definition) is 12. The number of pyridine rings is 2. The average molecular weight is 665 g/mol. The first-order valence-corrected chi connectivity index (χ1v) is 16.3. The van der Waals surface area contributed by atoms with Gasteiger partial charge in [0.25, 0.3) is 0 Å². The van der Waals surface area contributed by atoms with Crippen molar-refractivity contribution in [2.45, 2.75) is 84.2 Å². The van der Waals surface area contributed by atoms with E-state index in [1.807, 2.05) is 13.0 Å². The zero-order valence-corrected chi connectivity index (χ0v) is 28.5. The quantitative estimate of drug-likeness (QED) is 0.0853. The molecule has 14 nitrogen and oxygen atoms in total. The van der Waals surface area contributed by atoms with Crippen molar-refractivity contribution in [3.8, 4) is 0 Å². The lowest BCUT2D eigenvalue weighted by atomic mass is 9.94. The van der Waals surface area contributed by atoms with Crippen molar-refractivity contribution in [1.29, 1.82) is 0 Å². The molecule has 0 fully saturated rings. The highest BCUT2D eigenvalue weighted by Gasteiger charge is 2.28. The summed E-state index contributed by atoms with van der Waals surface area (Å²) in [5.74, 6) is 1.44. The number of aromatic nitrogens is 6. The van der Waals surface area contributed by atoms with Crippen LogP contribution in [0.5, 0.6) is 0 Å². The van der Waals surface area contributed by atoms with Gasteiger partial charge in [0, 0.05) is 45.9 Å². The minimum atomic E-state index is -0.549. The monoisotopic (exact) mass is 664 g/mol. The Labute approximate surface area is 279 Å². The van der Waals surface area contributed by atoms with E-state index < -0.39 is 11.1 Å². The molecule has 15 heteroatoms. The van der Waals surface area contributed by atoms with Crippen molar-refractivity contribution < 1.29 is 9.59 Å². The number of amides is 2. The molecule has 47 heavy (non-hydrogen) atoms. The lowest BCUT2D eigenvalue weighted by molar-refractivity contribution is -0.120. The predicted octanol–water partition coefficient (Wildman–Crippen LogP) is 4.68. The number of carbonyl (C=O) groups excluding carboxylic acids is 2. The van der Waals surface area contributed by atoms with Gasteiger partial charge in [0.1, 0.15) is 11.0 Å². The van der Waals surface area contributed by atoms with Crippen LogP contribution in [-0.2, 0) is 9.59 Å². The van der Waals surface area contributed by atoms with Crippen molar-refractivity contribution >= 4 is 69.0 Å². The van der Waals surface area contributed by atoms with Crippen LogP contribution in [0.25, 0.3) is 22.1 Å². The minimum Gasteiger partial charge on any atom is -0.368 e. The topological polar surface area (TPSA) is 198 Å². The highest BCUT2D eigenvalue weighted by molar-refractivity contribution is 6.31. The number of nitrogen functional groups attached to an aromatic ring is 1. The van der Waals surface area contributed by atoms with E-state index >= 15 is 0 Å². The lowest BCUT2D eigenvalue weighted by Gasteiger charge is -2.32. The highest BCUT2D eigenvalue weighted by atomic mass is 35.5. The summed E-state index contributed by atoms with van der Waals surface area (Å²) >= 11 is 6.28. The molecule has 0 aromatic carbocycles. The summed E-state index contributed by atoms with van der Waals surface area (Å²) in [5.41, 5.74) is 7.42. The van der Waals surface area contributed by atoms with Crippen molar-refractivity contribution in [2.24, 2.45) is 0 Å². The molecule has 0 aliphatic carbocycles. The van der Waals surface area contributed by atoms with E-state index in [0.717, 1.165) is 32.1 Å². The summed E-state index contributed by atoms with van der Waals surface area (Å²) in [6.45, 7) is 10.6. The van der Waals surface area contributed by atoms with Gasteiger partial charge in [0.05, 0.1) is 27.1 Å². The van der Waals surface area contributed by atoms with E-state index in [2.05, 4.69) is 65.4 Å². The van der Waals surface area contributed by atoms with Crippen LogP contribution in [0.15, 0.2) is 30.6 Å². The second-order valence-electron chi connectivity index (χ2n) is 12.4. The van der Waals surface area contributed by atoms with Crippen LogP contribution in [0, 0.1) is 0 Å². The Morgan fingerprint density at radius 2 is 1.49 bits per heavy atom. The normalized spacial score (nSPS) is 13.8. The van der Waals surface area contributed by atoms with Crippen LogP contribution >= 0.6 is 11.6 Å². The Morgan fingerprint density at radius 3 is 2.15 bits per heavy atom. The first-order chi connectivity index (χ1) is 22.4. The number of hydrogen-bond donors (Lipinski definition) is 6. The number of unbranched alkanes of at least 4 members (excludes halogenated alkanes) is 2. The van der Waals surface area contributed by atoms with Gasteiger partial charge in [-0.3, -0.25) is 14.6 Å². The molecule has 7 N–H and O–H groups in total. The standard InChI is InChI=1S/C32H45ClN12O2/c1-6-7-12-31(4,18-38-20(2)46)45-28-26-24(16-22(33)17-37-26)41-30(43-28)36-14-9-8-13-32(5,19-39-21(3)47)44-27-25-23(11-10-15-35-25)40-29(34)42-27/h10-11,15-17H,6-9,12-14,18-19H2,1-5H3,(H,38,46)(H,39,47)(H3,34,40,42,44)(H2,36,41,43,45)/t31-,32?/m1/s1. The summed E-state index contributed by atoms with van der Waals surface area (Å²) in [6.07, 6.45) is 8.37. The van der Waals surface area contributed by atoms with Crippen LogP contribution in [-0.4, -0.2) is 72.4 Å². The van der Waals surface area contributed by atoms with Crippen molar-refractivity contribution in [3.05, 3.63) is 35.6 Å². The summed E-state index contributed by atoms with van der Waals surface area (Å²) in [4.78, 5) is 50.7. The van der Waals surface area contributed by atoms with Gasteiger partial charge in [-0.25, -0.2) is 15.0 Å². The highest BCUT2D eigenvalue weighted by Crippen LogP contribution is 2.28. The molecule has 0 bridgehead atoms. The maximum atomic E-state index is 11.8. The molecule has 4 rings (SSSR count). The Hall–Kier alpha value is -4.59. The minimum absolute atomic E-state index is 0.0936. The van der Waals surface area contributed by atoms with E-state index in [1.54, 1.807) is 24.5 Å². The molecule has 0 spiro atoms. The molecule has 2 amide bonds. The van der Waals surface area contributed by atoms with Gasteiger partial charge in [-0.05, 0) is 57.7 Å². The number of rotatable bonds is 17. The molecule has 0 aliphatic heterocycles. The molecule has 4 heterocycles. The first kappa shape index (κ1) is 35.3. The molecule has 0 radical (unpaired) electrons. The van der Waals surface area contributed by atoms with Crippen molar-refractivity contribution in [2.75, 3.05) is 41.3 Å². The maximum absolute atomic E-state index is 11.8. The fourth-order valence-corrected chi connectivity index (χ4v) is 5.39. The number of fused-ring (bicyclic) bond motifs is 2. The van der Waals surface area contributed by atoms with E-state index in [4.69, 9.17) is 22.3 Å². The smallest absolute Gasteiger partial charge is 0.225 e. The summed E-state index contributed by atoms with van der Waals surface area (Å²) in [7, 11) is 0. The summed E-state index contributed by atoms with van der Waals surface area (Å²) in [5, 5.41) is 16.7. The van der Waals surface area contributed by atoms with Crippen LogP contribution < -0.4 is 32.3 Å². The van der Waals surface area contributed by atoms with Gasteiger partial charge in [0.2, 0.25) is 23.7 Å². The number of carbonyl (C=O) groups is 2. The second kappa shape index (κ2) is 15.8.